The van der Waals surface area contributed by atoms with E-state index in [1.165, 1.54) is 0 Å². The molecule has 0 saturated heterocycles. The van der Waals surface area contributed by atoms with Gasteiger partial charge in [0.05, 0.1) is 0 Å². The Balaban J connectivity index is 2.77. The van der Waals surface area contributed by atoms with E-state index in [4.69, 9.17) is 9.84 Å². The van der Waals surface area contributed by atoms with E-state index in [0.717, 1.165) is 30.4 Å². The van der Waals surface area contributed by atoms with Crippen LogP contribution in [-0.2, 0) is 9.53 Å². The van der Waals surface area contributed by atoms with Gasteiger partial charge in [-0.05, 0) is 24.6 Å². The molecule has 1 rings (SSSR count). The van der Waals surface area contributed by atoms with Gasteiger partial charge in [0.1, 0.15) is 5.82 Å². The van der Waals surface area contributed by atoms with E-state index in [-0.39, 0.29) is 0 Å². The predicted molar refractivity (Wildman–Crippen MR) is 70.7 cm³/mol. The van der Waals surface area contributed by atoms with Crippen LogP contribution in [-0.4, -0.2) is 43.4 Å². The highest BCUT2D eigenvalue weighted by Gasteiger charge is 2.06. The Morgan fingerprint density at radius 3 is 3.06 bits per heavy atom. The van der Waals surface area contributed by atoms with Gasteiger partial charge in [0, 0.05) is 45.1 Å². The first-order valence-corrected chi connectivity index (χ1v) is 5.71. The van der Waals surface area contributed by atoms with Gasteiger partial charge in [-0.1, -0.05) is 0 Å². The van der Waals surface area contributed by atoms with Gasteiger partial charge in [0.2, 0.25) is 0 Å². The number of carboxylic acids is 1. The zero-order chi connectivity index (χ0) is 13.4. The Morgan fingerprint density at radius 2 is 2.39 bits per heavy atom. The molecule has 0 spiro atoms. The molecule has 0 aliphatic carbocycles. The Hall–Kier alpha value is -1.88. The van der Waals surface area contributed by atoms with Crippen molar-refractivity contribution in [1.29, 1.82) is 0 Å². The van der Waals surface area contributed by atoms with E-state index in [1.54, 1.807) is 25.4 Å². The third-order valence-corrected chi connectivity index (χ3v) is 2.43. The molecule has 18 heavy (non-hydrogen) atoms. The van der Waals surface area contributed by atoms with Crippen LogP contribution in [0, 0.1) is 0 Å². The van der Waals surface area contributed by atoms with Crippen LogP contribution in [0.3, 0.4) is 0 Å². The van der Waals surface area contributed by atoms with Crippen LogP contribution in [0.4, 0.5) is 5.82 Å². The molecule has 5 nitrogen and oxygen atoms in total. The normalized spacial score (nSPS) is 10.8. The Labute approximate surface area is 107 Å². The van der Waals surface area contributed by atoms with Gasteiger partial charge < -0.3 is 14.7 Å². The van der Waals surface area contributed by atoms with Crippen LogP contribution in [0.15, 0.2) is 24.4 Å². The highest BCUT2D eigenvalue weighted by molar-refractivity contribution is 5.86. The zero-order valence-corrected chi connectivity index (χ0v) is 10.7. The maximum absolute atomic E-state index is 10.5. The summed E-state index contributed by atoms with van der Waals surface area (Å²) in [6.45, 7) is 1.50. The number of aliphatic carboxylic acids is 1. The van der Waals surface area contributed by atoms with Crippen molar-refractivity contribution in [3.05, 3.63) is 30.0 Å². The molecule has 5 heteroatoms. The SMILES string of the molecule is COCCCN(C)c1ncccc1/C=C/C(=O)O. The smallest absolute Gasteiger partial charge is 0.328 e. The van der Waals surface area contributed by atoms with Crippen molar-refractivity contribution in [2.45, 2.75) is 6.42 Å². The van der Waals surface area contributed by atoms with Crippen molar-refractivity contribution in [3.63, 3.8) is 0 Å². The van der Waals surface area contributed by atoms with Crippen molar-refractivity contribution in [2.24, 2.45) is 0 Å². The molecule has 0 unspecified atom stereocenters. The van der Waals surface area contributed by atoms with Crippen LogP contribution in [0.1, 0.15) is 12.0 Å². The fraction of sp³-hybridized carbons (Fsp3) is 0.385. The molecule has 0 atom stereocenters. The highest BCUT2D eigenvalue weighted by Crippen LogP contribution is 2.17. The van der Waals surface area contributed by atoms with E-state index in [1.807, 2.05) is 18.0 Å². The third kappa shape index (κ3) is 4.55. The minimum atomic E-state index is -0.966. The zero-order valence-electron chi connectivity index (χ0n) is 10.7. The number of aromatic nitrogens is 1. The molecule has 1 N–H and O–H groups in total. The van der Waals surface area contributed by atoms with E-state index >= 15 is 0 Å². The van der Waals surface area contributed by atoms with Gasteiger partial charge in [0.15, 0.2) is 0 Å². The van der Waals surface area contributed by atoms with Gasteiger partial charge in [-0.3, -0.25) is 0 Å². The van der Waals surface area contributed by atoms with Crippen LogP contribution < -0.4 is 4.90 Å². The summed E-state index contributed by atoms with van der Waals surface area (Å²) >= 11 is 0. The monoisotopic (exact) mass is 250 g/mol. The molecule has 98 valence electrons. The highest BCUT2D eigenvalue weighted by atomic mass is 16.5. The number of hydrogen-bond acceptors (Lipinski definition) is 4. The van der Waals surface area contributed by atoms with Crippen LogP contribution in [0.2, 0.25) is 0 Å². The number of nitrogens with zero attached hydrogens (tertiary/aromatic N) is 2. The number of hydrogen-bond donors (Lipinski definition) is 1. The number of pyridine rings is 1. The number of carboxylic acid groups (broad SMARTS) is 1. The van der Waals surface area contributed by atoms with Crippen LogP contribution in [0.25, 0.3) is 6.08 Å². The van der Waals surface area contributed by atoms with Gasteiger partial charge in [-0.25, -0.2) is 9.78 Å². The average molecular weight is 250 g/mol. The summed E-state index contributed by atoms with van der Waals surface area (Å²) in [6, 6.07) is 3.63. The summed E-state index contributed by atoms with van der Waals surface area (Å²) in [5.74, 6) is -0.196. The van der Waals surface area contributed by atoms with E-state index in [9.17, 15) is 4.79 Å². The fourth-order valence-corrected chi connectivity index (χ4v) is 1.57. The molecular weight excluding hydrogens is 232 g/mol. The second kappa shape index (κ2) is 7.45. The summed E-state index contributed by atoms with van der Waals surface area (Å²) in [7, 11) is 3.60. The largest absolute Gasteiger partial charge is 0.478 e. The van der Waals surface area contributed by atoms with Crippen molar-refractivity contribution in [3.8, 4) is 0 Å². The Morgan fingerprint density at radius 1 is 1.61 bits per heavy atom. The summed E-state index contributed by atoms with van der Waals surface area (Å²) in [5, 5.41) is 8.64. The number of carbonyl (C=O) groups is 1. The quantitative estimate of drug-likeness (QED) is 0.589. The van der Waals surface area contributed by atoms with Crippen LogP contribution in [0.5, 0.6) is 0 Å². The van der Waals surface area contributed by atoms with Crippen molar-refractivity contribution < 1.29 is 14.6 Å². The second-order valence-electron chi connectivity index (χ2n) is 3.86. The van der Waals surface area contributed by atoms with Gasteiger partial charge in [0.25, 0.3) is 0 Å². The van der Waals surface area contributed by atoms with Gasteiger partial charge in [-0.2, -0.15) is 0 Å². The lowest BCUT2D eigenvalue weighted by Crippen LogP contribution is -2.21. The lowest BCUT2D eigenvalue weighted by Gasteiger charge is -2.19. The van der Waals surface area contributed by atoms with Crippen molar-refractivity contribution in [1.82, 2.24) is 4.98 Å². The lowest BCUT2D eigenvalue weighted by molar-refractivity contribution is -0.131. The number of ether oxygens (including phenoxy) is 1. The molecule has 0 bridgehead atoms. The van der Waals surface area contributed by atoms with Gasteiger partial charge in [-0.15, -0.1) is 0 Å². The first kappa shape index (κ1) is 14.2. The molecule has 1 heterocycles. The predicted octanol–water partition coefficient (Wildman–Crippen LogP) is 1.65. The van der Waals surface area contributed by atoms with E-state index < -0.39 is 5.97 Å². The molecule has 0 radical (unpaired) electrons. The summed E-state index contributed by atoms with van der Waals surface area (Å²) in [6.07, 6.45) is 5.26. The minimum absolute atomic E-state index is 0.692. The topological polar surface area (TPSA) is 62.7 Å². The van der Waals surface area contributed by atoms with E-state index in [0.29, 0.717) is 6.61 Å². The first-order chi connectivity index (χ1) is 8.65. The standard InChI is InChI=1S/C13H18N2O3/c1-15(9-4-10-18-2)13-11(5-3-8-14-13)6-7-12(16)17/h3,5-8H,4,9-10H2,1-2H3,(H,16,17)/b7-6+. The number of methoxy groups -OCH3 is 1. The minimum Gasteiger partial charge on any atom is -0.478 e. The van der Waals surface area contributed by atoms with Crippen LogP contribution >= 0.6 is 0 Å². The lowest BCUT2D eigenvalue weighted by atomic mass is 10.2. The molecule has 0 fully saturated rings. The molecular formula is C13H18N2O3. The fourth-order valence-electron chi connectivity index (χ4n) is 1.57. The molecule has 0 saturated carbocycles. The number of rotatable bonds is 7. The molecule has 0 aliphatic rings. The summed E-state index contributed by atoms with van der Waals surface area (Å²) < 4.78 is 5.00. The number of anilines is 1. The van der Waals surface area contributed by atoms with Gasteiger partial charge >= 0.3 is 5.97 Å². The second-order valence-corrected chi connectivity index (χ2v) is 3.86. The third-order valence-electron chi connectivity index (χ3n) is 2.43. The molecule has 1 aromatic heterocycles. The summed E-state index contributed by atoms with van der Waals surface area (Å²) in [4.78, 5) is 16.8. The maximum atomic E-state index is 10.5. The first-order valence-electron chi connectivity index (χ1n) is 5.71. The molecule has 0 aromatic carbocycles. The Kier molecular flexibility index (Phi) is 5.87. The summed E-state index contributed by atoms with van der Waals surface area (Å²) in [5.41, 5.74) is 0.791. The maximum Gasteiger partial charge on any atom is 0.328 e. The molecule has 1 aromatic rings. The molecule has 0 aliphatic heterocycles. The molecule has 0 amide bonds. The van der Waals surface area contributed by atoms with E-state index in [2.05, 4.69) is 4.98 Å². The van der Waals surface area contributed by atoms with Crippen molar-refractivity contribution in [2.75, 3.05) is 32.2 Å². The Bertz CT molecular complexity index is 418. The van der Waals surface area contributed by atoms with Crippen molar-refractivity contribution >= 4 is 17.9 Å². The average Bonchev–Trinajstić information content (AvgIpc) is 2.37.